The third-order valence-electron chi connectivity index (χ3n) is 4.04. The molecule has 1 aromatic carbocycles. The number of likely N-dealkylation sites (tertiary alicyclic amines) is 1. The van der Waals surface area contributed by atoms with Gasteiger partial charge >= 0.3 is 5.97 Å². The quantitative estimate of drug-likeness (QED) is 0.743. The smallest absolute Gasteiger partial charge is 0.310 e. The summed E-state index contributed by atoms with van der Waals surface area (Å²) in [5, 5.41) is 12.2. The normalized spacial score (nSPS) is 22.2. The minimum Gasteiger partial charge on any atom is -0.481 e. The maximum Gasteiger partial charge on any atom is 0.310 e. The van der Waals surface area contributed by atoms with Crippen LogP contribution in [0.5, 0.6) is 0 Å². The Bertz CT molecular complexity index is 549. The number of nitrogens with one attached hydrogen (secondary N) is 1. The highest BCUT2D eigenvalue weighted by Crippen LogP contribution is 2.33. The second kappa shape index (κ2) is 6.74. The predicted octanol–water partition coefficient (Wildman–Crippen LogP) is 2.42. The van der Waals surface area contributed by atoms with Crippen LogP contribution >= 0.6 is 22.6 Å². The average molecular weight is 402 g/mol. The van der Waals surface area contributed by atoms with Crippen molar-refractivity contribution in [3.63, 3.8) is 0 Å². The Labute approximate surface area is 137 Å². The summed E-state index contributed by atoms with van der Waals surface area (Å²) in [6.45, 7) is 3.22. The molecule has 1 saturated heterocycles. The van der Waals surface area contributed by atoms with Gasteiger partial charge < -0.3 is 10.4 Å². The highest BCUT2D eigenvalue weighted by Gasteiger charge is 2.43. The topological polar surface area (TPSA) is 69.6 Å². The molecule has 1 aromatic rings. The van der Waals surface area contributed by atoms with E-state index >= 15 is 0 Å². The SMILES string of the molecule is CCC1(C(=O)O)CCN(CC(=O)Nc2cccc(I)c2)C1. The number of nitrogens with zero attached hydrogens (tertiary/aromatic N) is 1. The van der Waals surface area contributed by atoms with Crippen molar-refractivity contribution in [1.29, 1.82) is 0 Å². The molecule has 6 heteroatoms. The third kappa shape index (κ3) is 3.94. The fraction of sp³-hybridized carbons (Fsp3) is 0.467. The molecule has 0 spiro atoms. The Balaban J connectivity index is 1.91. The summed E-state index contributed by atoms with van der Waals surface area (Å²) in [7, 11) is 0. The van der Waals surface area contributed by atoms with E-state index in [-0.39, 0.29) is 12.5 Å². The maximum atomic E-state index is 12.0. The van der Waals surface area contributed by atoms with Crippen molar-refractivity contribution in [2.24, 2.45) is 5.41 Å². The van der Waals surface area contributed by atoms with E-state index in [0.29, 0.717) is 25.9 Å². The molecule has 5 nitrogen and oxygen atoms in total. The number of aliphatic carboxylic acids is 1. The number of amides is 1. The second-order valence-corrected chi connectivity index (χ2v) is 6.70. The first kappa shape index (κ1) is 16.2. The van der Waals surface area contributed by atoms with Gasteiger partial charge in [0.15, 0.2) is 0 Å². The second-order valence-electron chi connectivity index (χ2n) is 5.46. The van der Waals surface area contributed by atoms with E-state index in [9.17, 15) is 14.7 Å². The van der Waals surface area contributed by atoms with Crippen LogP contribution in [0.3, 0.4) is 0 Å². The zero-order valence-electron chi connectivity index (χ0n) is 11.9. The van der Waals surface area contributed by atoms with Crippen LogP contribution in [-0.4, -0.2) is 41.5 Å². The molecule has 1 atom stereocenters. The van der Waals surface area contributed by atoms with Crippen LogP contribution < -0.4 is 5.32 Å². The standard InChI is InChI=1S/C15H19IN2O3/c1-2-15(14(20)21)6-7-18(10-15)9-13(19)17-12-5-3-4-11(16)8-12/h3-5,8H,2,6-7,9-10H2,1H3,(H,17,19)(H,20,21). The number of carboxylic acids is 1. The Morgan fingerprint density at radius 2 is 2.24 bits per heavy atom. The Kier molecular flexibility index (Phi) is 5.21. The summed E-state index contributed by atoms with van der Waals surface area (Å²) in [6, 6.07) is 7.59. The molecule has 21 heavy (non-hydrogen) atoms. The molecule has 1 amide bonds. The molecule has 0 aliphatic carbocycles. The number of carbonyl (C=O) groups excluding carboxylic acids is 1. The molecule has 0 radical (unpaired) electrons. The number of hydrogen-bond acceptors (Lipinski definition) is 3. The fourth-order valence-corrected chi connectivity index (χ4v) is 3.22. The van der Waals surface area contributed by atoms with Gasteiger partial charge in [-0.25, -0.2) is 0 Å². The molecule has 0 aromatic heterocycles. The first-order valence-electron chi connectivity index (χ1n) is 6.96. The molecule has 1 aliphatic heterocycles. The minimum absolute atomic E-state index is 0.103. The van der Waals surface area contributed by atoms with Gasteiger partial charge in [-0.1, -0.05) is 13.0 Å². The number of hydrogen-bond donors (Lipinski definition) is 2. The monoisotopic (exact) mass is 402 g/mol. The largest absolute Gasteiger partial charge is 0.481 e. The number of anilines is 1. The van der Waals surface area contributed by atoms with Gasteiger partial charge in [0, 0.05) is 15.8 Å². The van der Waals surface area contributed by atoms with Gasteiger partial charge in [0.05, 0.1) is 12.0 Å². The van der Waals surface area contributed by atoms with E-state index in [4.69, 9.17) is 0 Å². The summed E-state index contributed by atoms with van der Waals surface area (Å²) < 4.78 is 1.06. The molecule has 1 unspecified atom stereocenters. The Morgan fingerprint density at radius 3 is 2.81 bits per heavy atom. The Hall–Kier alpha value is -1.15. The summed E-state index contributed by atoms with van der Waals surface area (Å²) in [5.74, 6) is -0.861. The fourth-order valence-electron chi connectivity index (χ4n) is 2.68. The minimum atomic E-state index is -0.759. The summed E-state index contributed by atoms with van der Waals surface area (Å²) in [4.78, 5) is 25.4. The van der Waals surface area contributed by atoms with Crippen LogP contribution in [0.1, 0.15) is 19.8 Å². The molecular weight excluding hydrogens is 383 g/mol. The zero-order chi connectivity index (χ0) is 15.5. The van der Waals surface area contributed by atoms with Gasteiger partial charge in [0.1, 0.15) is 0 Å². The molecule has 1 aliphatic rings. The molecule has 2 N–H and O–H groups in total. The predicted molar refractivity (Wildman–Crippen MR) is 89.2 cm³/mol. The first-order chi connectivity index (χ1) is 9.95. The highest BCUT2D eigenvalue weighted by molar-refractivity contribution is 14.1. The van der Waals surface area contributed by atoms with Crippen molar-refractivity contribution < 1.29 is 14.7 Å². The highest BCUT2D eigenvalue weighted by atomic mass is 127. The van der Waals surface area contributed by atoms with Crippen LogP contribution in [0, 0.1) is 8.99 Å². The average Bonchev–Trinajstić information content (AvgIpc) is 2.83. The lowest BCUT2D eigenvalue weighted by atomic mass is 9.84. The molecule has 0 saturated carbocycles. The van der Waals surface area contributed by atoms with Crippen LogP contribution in [0.25, 0.3) is 0 Å². The van der Waals surface area contributed by atoms with E-state index in [1.807, 2.05) is 36.1 Å². The lowest BCUT2D eigenvalue weighted by molar-refractivity contribution is -0.148. The van der Waals surface area contributed by atoms with Crippen LogP contribution in [-0.2, 0) is 9.59 Å². The van der Waals surface area contributed by atoms with E-state index in [2.05, 4.69) is 27.9 Å². The zero-order valence-corrected chi connectivity index (χ0v) is 14.1. The van der Waals surface area contributed by atoms with E-state index in [0.717, 1.165) is 9.26 Å². The maximum absolute atomic E-state index is 12.0. The van der Waals surface area contributed by atoms with Gasteiger partial charge in [0.2, 0.25) is 5.91 Å². The van der Waals surface area contributed by atoms with Crippen LogP contribution in [0.4, 0.5) is 5.69 Å². The van der Waals surface area contributed by atoms with Crippen LogP contribution in [0.2, 0.25) is 0 Å². The molecule has 0 bridgehead atoms. The third-order valence-corrected chi connectivity index (χ3v) is 4.71. The molecular formula is C15H19IN2O3. The van der Waals surface area contributed by atoms with Gasteiger partial charge in [-0.2, -0.15) is 0 Å². The van der Waals surface area contributed by atoms with Crippen molar-refractivity contribution in [2.75, 3.05) is 25.0 Å². The molecule has 114 valence electrons. The van der Waals surface area contributed by atoms with E-state index in [1.54, 1.807) is 0 Å². The van der Waals surface area contributed by atoms with Crippen molar-refractivity contribution >= 4 is 40.2 Å². The summed E-state index contributed by atoms with van der Waals surface area (Å²) in [6.07, 6.45) is 1.20. The Morgan fingerprint density at radius 1 is 1.48 bits per heavy atom. The number of benzene rings is 1. The molecule has 1 heterocycles. The van der Waals surface area contributed by atoms with Gasteiger partial charge in [-0.3, -0.25) is 14.5 Å². The van der Waals surface area contributed by atoms with Crippen molar-refractivity contribution in [2.45, 2.75) is 19.8 Å². The summed E-state index contributed by atoms with van der Waals surface area (Å²) >= 11 is 2.19. The molecule has 1 fully saturated rings. The van der Waals surface area contributed by atoms with Gasteiger partial charge in [-0.05, 0) is 60.2 Å². The van der Waals surface area contributed by atoms with Gasteiger partial charge in [0.25, 0.3) is 0 Å². The van der Waals surface area contributed by atoms with E-state index in [1.165, 1.54) is 0 Å². The molecule has 2 rings (SSSR count). The number of halogens is 1. The number of rotatable bonds is 5. The van der Waals surface area contributed by atoms with Crippen molar-refractivity contribution in [1.82, 2.24) is 4.90 Å². The summed E-state index contributed by atoms with van der Waals surface area (Å²) in [5.41, 5.74) is 0.0775. The van der Waals surface area contributed by atoms with Gasteiger partial charge in [-0.15, -0.1) is 0 Å². The van der Waals surface area contributed by atoms with Crippen molar-refractivity contribution in [3.05, 3.63) is 27.8 Å². The lowest BCUT2D eigenvalue weighted by Crippen LogP contribution is -2.37. The lowest BCUT2D eigenvalue weighted by Gasteiger charge is -2.22. The van der Waals surface area contributed by atoms with Crippen LogP contribution in [0.15, 0.2) is 24.3 Å². The van der Waals surface area contributed by atoms with Crippen molar-refractivity contribution in [3.8, 4) is 0 Å². The first-order valence-corrected chi connectivity index (χ1v) is 8.04. The number of carboxylic acid groups (broad SMARTS) is 1. The number of carbonyl (C=O) groups is 2. The van der Waals surface area contributed by atoms with E-state index < -0.39 is 11.4 Å².